The van der Waals surface area contributed by atoms with Gasteiger partial charge >= 0.3 is 0 Å². The molecule has 6 atom stereocenters. The van der Waals surface area contributed by atoms with Crippen molar-refractivity contribution < 1.29 is 0 Å². The minimum atomic E-state index is -1.67. The molecule has 2 aromatic heterocycles. The second-order valence-electron chi connectivity index (χ2n) is 15.0. The Morgan fingerprint density at radius 3 is 1.79 bits per heavy atom. The fourth-order valence-electron chi connectivity index (χ4n) is 9.39. The lowest BCUT2D eigenvalue weighted by Crippen LogP contribution is -2.56. The quantitative estimate of drug-likeness (QED) is 0.246. The molecule has 4 fully saturated rings. The minimum Gasteiger partial charge on any atom is -0.240 e. The van der Waals surface area contributed by atoms with Crippen molar-refractivity contribution in [3.8, 4) is 0 Å². The largest absolute Gasteiger partial charge is 0.240 e. The highest BCUT2D eigenvalue weighted by Gasteiger charge is 2.62. The minimum absolute atomic E-state index is 0.250. The molecule has 0 aliphatic heterocycles. The van der Waals surface area contributed by atoms with Gasteiger partial charge in [-0.3, -0.25) is 0 Å². The van der Waals surface area contributed by atoms with Gasteiger partial charge in [-0.05, 0) is 90.6 Å². The molecule has 0 spiro atoms. The fraction of sp³-hybridized carbons (Fsp3) is 0.613. The Bertz CT molecular complexity index is 1250. The van der Waals surface area contributed by atoms with Crippen LogP contribution in [0.1, 0.15) is 43.8 Å². The lowest BCUT2D eigenvalue weighted by molar-refractivity contribution is -0.0791. The molecule has 4 saturated carbocycles. The normalized spacial score (nSPS) is 32.6. The van der Waals surface area contributed by atoms with Gasteiger partial charge in [0, 0.05) is 24.8 Å². The third-order valence-electron chi connectivity index (χ3n) is 10.5. The highest BCUT2D eigenvalue weighted by molar-refractivity contribution is 7.19. The topological polar surface area (TPSA) is 51.6 Å². The van der Waals surface area contributed by atoms with Gasteiger partial charge in [0.05, 0.1) is 16.1 Å². The SMILES string of the molecule is C[Si](C)(C)C1=CC(C(P)(c2ncccn2)c2ncccn2)=C(C23CC4CC(CC(C4)C2CP)C3)C1[Si](C)(C)C. The molecule has 39 heavy (non-hydrogen) atoms. The van der Waals surface area contributed by atoms with E-state index in [2.05, 4.69) is 63.8 Å². The second kappa shape index (κ2) is 9.75. The molecule has 4 bridgehead atoms. The summed E-state index contributed by atoms with van der Waals surface area (Å²) in [7, 11) is 3.11. The third kappa shape index (κ3) is 4.42. The second-order valence-corrected chi connectivity index (χ2v) is 26.8. The molecule has 8 heteroatoms. The van der Waals surface area contributed by atoms with E-state index in [1.165, 1.54) is 43.8 Å². The Balaban J connectivity index is 1.71. The van der Waals surface area contributed by atoms with Gasteiger partial charge in [-0.1, -0.05) is 56.1 Å². The predicted octanol–water partition coefficient (Wildman–Crippen LogP) is 7.53. The Kier molecular flexibility index (Phi) is 7.02. The smallest absolute Gasteiger partial charge is 0.150 e. The number of allylic oxidation sites excluding steroid dienone is 4. The zero-order valence-electron chi connectivity index (χ0n) is 24.6. The van der Waals surface area contributed by atoms with E-state index >= 15 is 0 Å². The molecule has 4 nitrogen and oxygen atoms in total. The van der Waals surface area contributed by atoms with Crippen LogP contribution in [0, 0.1) is 29.1 Å². The highest BCUT2D eigenvalue weighted by Crippen LogP contribution is 2.71. The van der Waals surface area contributed by atoms with Crippen molar-refractivity contribution in [2.75, 3.05) is 6.16 Å². The van der Waals surface area contributed by atoms with Crippen LogP contribution in [0.5, 0.6) is 0 Å². The summed E-state index contributed by atoms with van der Waals surface area (Å²) in [4.78, 5) is 19.6. The summed E-state index contributed by atoms with van der Waals surface area (Å²) in [5.41, 5.74) is 3.99. The first-order valence-corrected chi connectivity index (χ1v) is 23.4. The van der Waals surface area contributed by atoms with Crippen LogP contribution in [0.25, 0.3) is 0 Å². The van der Waals surface area contributed by atoms with Crippen molar-refractivity contribution in [3.63, 3.8) is 0 Å². The third-order valence-corrected chi connectivity index (χ3v) is 16.6. The van der Waals surface area contributed by atoms with Gasteiger partial charge in [-0.25, -0.2) is 19.9 Å². The number of aromatic nitrogens is 4. The van der Waals surface area contributed by atoms with Crippen LogP contribution in [0.4, 0.5) is 0 Å². The summed E-state index contributed by atoms with van der Waals surface area (Å²) >= 11 is 0. The standard InChI is InChI=1S/C31H46N4P2Si2/c1-38(2,3)25-16-23(31(37,28-32-9-7-10-33-28)29-34-11-8-12-35-29)26(27(25)39(4,5)6)30-17-20-13-21(18-30)15-22(14-20)24(30)19-36/h7-12,16,20-22,24,27H,13-15,17-19,36-37H2,1-6H3. The van der Waals surface area contributed by atoms with Crippen LogP contribution in [0.2, 0.25) is 44.8 Å². The van der Waals surface area contributed by atoms with E-state index < -0.39 is 21.3 Å². The molecule has 7 rings (SSSR count). The maximum atomic E-state index is 4.91. The number of rotatable bonds is 7. The van der Waals surface area contributed by atoms with E-state index in [0.29, 0.717) is 5.54 Å². The lowest BCUT2D eigenvalue weighted by Gasteiger charge is -2.64. The van der Waals surface area contributed by atoms with Crippen molar-refractivity contribution in [1.29, 1.82) is 0 Å². The number of hydrogen-bond acceptors (Lipinski definition) is 4. The van der Waals surface area contributed by atoms with E-state index in [-0.39, 0.29) is 5.41 Å². The zero-order valence-corrected chi connectivity index (χ0v) is 28.9. The summed E-state index contributed by atoms with van der Waals surface area (Å²) in [5.74, 6) is 4.94. The molecule has 0 radical (unpaired) electrons. The van der Waals surface area contributed by atoms with E-state index in [9.17, 15) is 0 Å². The van der Waals surface area contributed by atoms with Crippen molar-refractivity contribution in [2.24, 2.45) is 29.1 Å². The average Bonchev–Trinajstić information content (AvgIpc) is 3.33. The predicted molar refractivity (Wildman–Crippen MR) is 174 cm³/mol. The maximum absolute atomic E-state index is 4.91. The van der Waals surface area contributed by atoms with Gasteiger partial charge in [0.1, 0.15) is 16.8 Å². The van der Waals surface area contributed by atoms with Gasteiger partial charge in [0.25, 0.3) is 0 Å². The molecule has 0 amide bonds. The molecule has 5 aliphatic carbocycles. The zero-order chi connectivity index (χ0) is 27.8. The number of nitrogens with zero attached hydrogens (tertiary/aromatic N) is 4. The molecule has 5 aliphatic rings. The van der Waals surface area contributed by atoms with E-state index in [0.717, 1.165) is 35.3 Å². The summed E-state index contributed by atoms with van der Waals surface area (Å²) in [6, 6.07) is 3.84. The molecular weight excluding hydrogens is 546 g/mol. The van der Waals surface area contributed by atoms with Gasteiger partial charge in [0.15, 0.2) is 0 Å². The molecule has 6 unspecified atom stereocenters. The molecule has 0 saturated heterocycles. The van der Waals surface area contributed by atoms with Crippen LogP contribution < -0.4 is 0 Å². The molecule has 2 aromatic rings. The van der Waals surface area contributed by atoms with Crippen LogP contribution in [0.15, 0.2) is 59.3 Å². The average molecular weight is 593 g/mol. The Labute approximate surface area is 242 Å². The fourth-order valence-corrected chi connectivity index (χ4v) is 17.3. The van der Waals surface area contributed by atoms with Crippen molar-refractivity contribution in [1.82, 2.24) is 19.9 Å². The first-order chi connectivity index (χ1) is 18.4. The first kappa shape index (κ1) is 28.1. The number of hydrogen-bond donors (Lipinski definition) is 0. The van der Waals surface area contributed by atoms with Crippen LogP contribution in [-0.2, 0) is 5.16 Å². The highest BCUT2D eigenvalue weighted by atomic mass is 31.0. The van der Waals surface area contributed by atoms with Gasteiger partial charge in [-0.2, -0.15) is 0 Å². The Morgan fingerprint density at radius 2 is 1.36 bits per heavy atom. The Morgan fingerprint density at radius 1 is 0.846 bits per heavy atom. The lowest BCUT2D eigenvalue weighted by atomic mass is 9.43. The molecule has 2 heterocycles. The van der Waals surface area contributed by atoms with E-state index in [1.807, 2.05) is 36.9 Å². The van der Waals surface area contributed by atoms with Gasteiger partial charge in [-0.15, -0.1) is 18.5 Å². The van der Waals surface area contributed by atoms with Gasteiger partial charge < -0.3 is 0 Å². The summed E-state index contributed by atoms with van der Waals surface area (Å²) < 4.78 is 0. The van der Waals surface area contributed by atoms with Crippen LogP contribution in [-0.4, -0.2) is 42.2 Å². The van der Waals surface area contributed by atoms with Crippen molar-refractivity contribution >= 4 is 34.6 Å². The van der Waals surface area contributed by atoms with Crippen LogP contribution in [0.3, 0.4) is 0 Å². The first-order valence-electron chi connectivity index (χ1n) is 14.9. The monoisotopic (exact) mass is 592 g/mol. The molecular formula is C31H46N4P2Si2. The van der Waals surface area contributed by atoms with Crippen molar-refractivity contribution in [3.05, 3.63) is 71.0 Å². The molecule has 208 valence electrons. The molecule has 0 N–H and O–H groups in total. The van der Waals surface area contributed by atoms with Crippen LogP contribution >= 0.6 is 18.5 Å². The van der Waals surface area contributed by atoms with Gasteiger partial charge in [0.2, 0.25) is 0 Å². The molecule has 0 aromatic carbocycles. The summed E-state index contributed by atoms with van der Waals surface area (Å²) in [6.07, 6.45) is 18.5. The Hall–Kier alpha value is -1.07. The van der Waals surface area contributed by atoms with E-state index in [1.54, 1.807) is 10.8 Å². The summed E-state index contributed by atoms with van der Waals surface area (Å²) in [5, 5.41) is 1.06. The van der Waals surface area contributed by atoms with Crippen molar-refractivity contribution in [2.45, 2.75) is 82.1 Å². The summed E-state index contributed by atoms with van der Waals surface area (Å²) in [6.45, 7) is 15.5. The maximum Gasteiger partial charge on any atom is 0.150 e. The van der Waals surface area contributed by atoms with E-state index in [4.69, 9.17) is 19.9 Å².